The van der Waals surface area contributed by atoms with Crippen molar-refractivity contribution in [2.75, 3.05) is 11.9 Å². The number of fused-ring (bicyclic) bond motifs is 1. The number of hydrogen-bond donors (Lipinski definition) is 1. The Hall–Kier alpha value is -3.10. The summed E-state index contributed by atoms with van der Waals surface area (Å²) in [5.74, 6) is -0.238. The second-order valence-electron chi connectivity index (χ2n) is 6.45. The van der Waals surface area contributed by atoms with Crippen molar-refractivity contribution in [1.29, 1.82) is 0 Å². The molecule has 1 aromatic carbocycles. The number of pyridine rings is 2. The average molecular weight is 394 g/mol. The molecule has 0 unspecified atom stereocenters. The van der Waals surface area contributed by atoms with Crippen LogP contribution in [0.5, 0.6) is 0 Å². The number of nitrogens with one attached hydrogen (secondary N) is 1. The van der Waals surface area contributed by atoms with Crippen LogP contribution in [0.4, 0.5) is 5.69 Å². The van der Waals surface area contributed by atoms with Crippen molar-refractivity contribution in [2.45, 2.75) is 17.9 Å². The smallest absolute Gasteiger partial charge is 0.255 e. The van der Waals surface area contributed by atoms with Gasteiger partial charge in [-0.25, -0.2) is 8.42 Å². The molecule has 1 aliphatic rings. The zero-order valence-electron chi connectivity index (χ0n) is 14.9. The third kappa shape index (κ3) is 3.64. The van der Waals surface area contributed by atoms with E-state index in [1.165, 1.54) is 10.5 Å². The molecule has 0 spiro atoms. The van der Waals surface area contributed by atoms with Crippen molar-refractivity contribution in [3.63, 3.8) is 0 Å². The SMILES string of the molecule is O=C(Nc1ccc2c(c1)CN(S(=O)(=O)c1cccnc1)CC2)c1ccncc1. The van der Waals surface area contributed by atoms with Crippen LogP contribution >= 0.6 is 0 Å². The summed E-state index contributed by atoms with van der Waals surface area (Å²) in [6, 6.07) is 12.0. The lowest BCUT2D eigenvalue weighted by Crippen LogP contribution is -2.36. The van der Waals surface area contributed by atoms with Crippen molar-refractivity contribution in [3.05, 3.63) is 83.9 Å². The van der Waals surface area contributed by atoms with Crippen molar-refractivity contribution < 1.29 is 13.2 Å². The number of amides is 1. The van der Waals surface area contributed by atoms with Crippen LogP contribution in [0.3, 0.4) is 0 Å². The summed E-state index contributed by atoms with van der Waals surface area (Å²) in [7, 11) is -3.61. The number of rotatable bonds is 4. The fraction of sp³-hybridized carbons (Fsp3) is 0.150. The van der Waals surface area contributed by atoms with Gasteiger partial charge in [0, 0.05) is 49.1 Å². The molecule has 3 heterocycles. The Bertz CT molecular complexity index is 1100. The summed E-state index contributed by atoms with van der Waals surface area (Å²) >= 11 is 0. The molecule has 1 N–H and O–H groups in total. The molecule has 0 fully saturated rings. The van der Waals surface area contributed by atoms with E-state index in [1.807, 2.05) is 18.2 Å². The highest BCUT2D eigenvalue weighted by Gasteiger charge is 2.28. The highest BCUT2D eigenvalue weighted by molar-refractivity contribution is 7.89. The second-order valence-corrected chi connectivity index (χ2v) is 8.39. The van der Waals surface area contributed by atoms with E-state index in [9.17, 15) is 13.2 Å². The molecule has 1 aliphatic heterocycles. The maximum atomic E-state index is 12.9. The van der Waals surface area contributed by atoms with Crippen LogP contribution in [0, 0.1) is 0 Å². The predicted molar refractivity (Wildman–Crippen MR) is 104 cm³/mol. The predicted octanol–water partition coefficient (Wildman–Crippen LogP) is 2.48. The Morgan fingerprint density at radius 2 is 1.82 bits per heavy atom. The number of carbonyl (C=O) groups is 1. The fourth-order valence-electron chi connectivity index (χ4n) is 3.17. The third-order valence-corrected chi connectivity index (χ3v) is 6.48. The molecule has 0 bridgehead atoms. The molecule has 0 saturated carbocycles. The van der Waals surface area contributed by atoms with E-state index in [2.05, 4.69) is 15.3 Å². The molecular formula is C20H18N4O3S. The number of carbonyl (C=O) groups excluding carboxylic acids is 1. The van der Waals surface area contributed by atoms with Crippen molar-refractivity contribution in [3.8, 4) is 0 Å². The van der Waals surface area contributed by atoms with Crippen LogP contribution in [-0.4, -0.2) is 35.1 Å². The van der Waals surface area contributed by atoms with Crippen molar-refractivity contribution in [2.24, 2.45) is 0 Å². The molecule has 4 rings (SSSR count). The molecule has 0 atom stereocenters. The summed E-state index contributed by atoms with van der Waals surface area (Å²) in [6.07, 6.45) is 6.64. The van der Waals surface area contributed by atoms with Crippen LogP contribution in [-0.2, 0) is 23.0 Å². The standard InChI is InChI=1S/C20H18N4O3S/c25-20(16-5-9-21-10-6-16)23-18-4-3-15-7-11-24(14-17(15)12-18)28(26,27)19-2-1-8-22-13-19/h1-6,8-10,12-13H,7,11,14H2,(H,23,25). The molecular weight excluding hydrogens is 376 g/mol. The maximum absolute atomic E-state index is 12.9. The van der Waals surface area contributed by atoms with Gasteiger partial charge in [-0.05, 0) is 53.9 Å². The van der Waals surface area contributed by atoms with Crippen LogP contribution < -0.4 is 5.32 Å². The highest BCUT2D eigenvalue weighted by atomic mass is 32.2. The van der Waals surface area contributed by atoms with Gasteiger partial charge in [-0.3, -0.25) is 14.8 Å². The Morgan fingerprint density at radius 1 is 1.00 bits per heavy atom. The van der Waals surface area contributed by atoms with Crippen LogP contribution in [0.1, 0.15) is 21.5 Å². The van der Waals surface area contributed by atoms with Crippen molar-refractivity contribution in [1.82, 2.24) is 14.3 Å². The van der Waals surface area contributed by atoms with Gasteiger partial charge in [-0.2, -0.15) is 4.31 Å². The Kier molecular flexibility index (Phi) is 4.89. The lowest BCUT2D eigenvalue weighted by molar-refractivity contribution is 0.102. The molecule has 0 aliphatic carbocycles. The number of nitrogens with zero attached hydrogens (tertiary/aromatic N) is 3. The topological polar surface area (TPSA) is 92.3 Å². The first-order valence-corrected chi connectivity index (χ1v) is 10.2. The quantitative estimate of drug-likeness (QED) is 0.734. The number of benzene rings is 1. The van der Waals surface area contributed by atoms with Gasteiger partial charge in [0.25, 0.3) is 5.91 Å². The average Bonchev–Trinajstić information content (AvgIpc) is 2.74. The first-order chi connectivity index (χ1) is 13.5. The summed E-state index contributed by atoms with van der Waals surface area (Å²) in [6.45, 7) is 0.665. The Morgan fingerprint density at radius 3 is 2.57 bits per heavy atom. The summed E-state index contributed by atoms with van der Waals surface area (Å²) < 4.78 is 27.2. The highest BCUT2D eigenvalue weighted by Crippen LogP contribution is 2.27. The minimum Gasteiger partial charge on any atom is -0.322 e. The largest absolute Gasteiger partial charge is 0.322 e. The minimum atomic E-state index is -3.61. The number of anilines is 1. The van der Waals surface area contributed by atoms with Gasteiger partial charge in [0.05, 0.1) is 0 Å². The van der Waals surface area contributed by atoms with E-state index < -0.39 is 10.0 Å². The Balaban J connectivity index is 1.55. The molecule has 1 amide bonds. The van der Waals surface area contributed by atoms with Crippen LogP contribution in [0.25, 0.3) is 0 Å². The van der Waals surface area contributed by atoms with Gasteiger partial charge in [0.2, 0.25) is 10.0 Å². The lowest BCUT2D eigenvalue weighted by atomic mass is 10.0. The summed E-state index contributed by atoms with van der Waals surface area (Å²) in [5.41, 5.74) is 3.10. The van der Waals surface area contributed by atoms with E-state index in [0.717, 1.165) is 11.1 Å². The Labute approximate surface area is 163 Å². The normalized spacial score (nSPS) is 14.3. The van der Waals surface area contributed by atoms with Gasteiger partial charge in [0.1, 0.15) is 4.90 Å². The van der Waals surface area contributed by atoms with Gasteiger partial charge in [-0.15, -0.1) is 0 Å². The zero-order valence-corrected chi connectivity index (χ0v) is 15.8. The molecule has 0 saturated heterocycles. The molecule has 7 nitrogen and oxygen atoms in total. The summed E-state index contributed by atoms with van der Waals surface area (Å²) in [4.78, 5) is 20.3. The molecule has 8 heteroatoms. The van der Waals surface area contributed by atoms with Gasteiger partial charge in [0.15, 0.2) is 0 Å². The molecule has 3 aromatic rings. The van der Waals surface area contributed by atoms with Gasteiger partial charge in [-0.1, -0.05) is 6.07 Å². The van der Waals surface area contributed by atoms with Gasteiger partial charge >= 0.3 is 0 Å². The number of sulfonamides is 1. The van der Waals surface area contributed by atoms with E-state index in [1.54, 1.807) is 42.9 Å². The van der Waals surface area contributed by atoms with E-state index in [-0.39, 0.29) is 17.3 Å². The van der Waals surface area contributed by atoms with Gasteiger partial charge < -0.3 is 5.32 Å². The molecule has 2 aromatic heterocycles. The number of aromatic nitrogens is 2. The minimum absolute atomic E-state index is 0.181. The summed E-state index contributed by atoms with van der Waals surface area (Å²) in [5, 5.41) is 2.85. The molecule has 0 radical (unpaired) electrons. The van der Waals surface area contributed by atoms with Crippen LogP contribution in [0.2, 0.25) is 0 Å². The monoisotopic (exact) mass is 394 g/mol. The lowest BCUT2D eigenvalue weighted by Gasteiger charge is -2.28. The zero-order chi connectivity index (χ0) is 19.6. The third-order valence-electron chi connectivity index (χ3n) is 4.66. The second kappa shape index (κ2) is 7.49. The van der Waals surface area contributed by atoms with E-state index >= 15 is 0 Å². The fourth-order valence-corrected chi connectivity index (χ4v) is 4.55. The molecule has 142 valence electrons. The maximum Gasteiger partial charge on any atom is 0.255 e. The van der Waals surface area contributed by atoms with E-state index in [0.29, 0.717) is 24.2 Å². The molecule has 28 heavy (non-hydrogen) atoms. The van der Waals surface area contributed by atoms with E-state index in [4.69, 9.17) is 0 Å². The first-order valence-electron chi connectivity index (χ1n) is 8.77. The van der Waals surface area contributed by atoms with Crippen LogP contribution in [0.15, 0.2) is 72.1 Å². The first kappa shape index (κ1) is 18.3. The number of hydrogen-bond acceptors (Lipinski definition) is 5. The van der Waals surface area contributed by atoms with Crippen molar-refractivity contribution >= 4 is 21.6 Å².